The lowest BCUT2D eigenvalue weighted by molar-refractivity contribution is -0.00920. The van der Waals surface area contributed by atoms with Gasteiger partial charge in [-0.05, 0) is 36.7 Å². The summed E-state index contributed by atoms with van der Waals surface area (Å²) in [5, 5.41) is 11.9. The summed E-state index contributed by atoms with van der Waals surface area (Å²) in [5.41, 5.74) is 7.40. The number of benzene rings is 1. The third-order valence-corrected chi connectivity index (χ3v) is 4.01. The van der Waals surface area contributed by atoms with Crippen LogP contribution in [-0.2, 0) is 11.3 Å². The molecule has 1 aromatic carbocycles. The van der Waals surface area contributed by atoms with Crippen LogP contribution >= 0.6 is 0 Å². The van der Waals surface area contributed by atoms with E-state index in [4.69, 9.17) is 15.7 Å². The van der Waals surface area contributed by atoms with Crippen molar-refractivity contribution in [2.24, 2.45) is 22.7 Å². The molecule has 1 aliphatic carbocycles. The molecule has 0 aromatic heterocycles. The Kier molecular flexibility index (Phi) is 5.01. The van der Waals surface area contributed by atoms with Crippen LogP contribution in [0.2, 0.25) is 0 Å². The molecule has 2 atom stereocenters. The summed E-state index contributed by atoms with van der Waals surface area (Å²) in [4.78, 5) is 0. The average Bonchev–Trinajstić information content (AvgIpc) is 2.43. The minimum Gasteiger partial charge on any atom is -0.409 e. The van der Waals surface area contributed by atoms with Crippen molar-refractivity contribution in [1.82, 2.24) is 0 Å². The van der Waals surface area contributed by atoms with Crippen LogP contribution in [0.4, 0.5) is 0 Å². The Hall–Kier alpha value is -1.55. The van der Waals surface area contributed by atoms with Gasteiger partial charge in [-0.2, -0.15) is 0 Å². The normalized spacial score (nSPS) is 27.5. The molecular formula is C16H24N2O2. The molecule has 0 saturated heterocycles. The highest BCUT2D eigenvalue weighted by molar-refractivity contribution is 5.98. The summed E-state index contributed by atoms with van der Waals surface area (Å²) in [7, 11) is 0. The SMILES string of the molecule is CC1CC(C)CC(OCc2ccccc2C(N)=NO)C1. The van der Waals surface area contributed by atoms with Gasteiger partial charge in [0, 0.05) is 5.56 Å². The molecule has 4 nitrogen and oxygen atoms in total. The number of hydrogen-bond donors (Lipinski definition) is 2. The van der Waals surface area contributed by atoms with Gasteiger partial charge in [0.1, 0.15) is 0 Å². The van der Waals surface area contributed by atoms with Crippen molar-refractivity contribution < 1.29 is 9.94 Å². The summed E-state index contributed by atoms with van der Waals surface area (Å²) in [5.74, 6) is 1.58. The standard InChI is InChI=1S/C16H24N2O2/c1-11-7-12(2)9-14(8-11)20-10-13-5-3-4-6-15(13)16(17)18-19/h3-6,11-12,14,19H,7-10H2,1-2H3,(H2,17,18). The lowest BCUT2D eigenvalue weighted by atomic mass is 9.82. The minimum absolute atomic E-state index is 0.134. The van der Waals surface area contributed by atoms with Crippen LogP contribution < -0.4 is 5.73 Å². The van der Waals surface area contributed by atoms with E-state index < -0.39 is 0 Å². The van der Waals surface area contributed by atoms with Crippen molar-refractivity contribution in [3.63, 3.8) is 0 Å². The maximum atomic E-state index is 8.82. The number of nitrogens with two attached hydrogens (primary N) is 1. The summed E-state index contributed by atoms with van der Waals surface area (Å²) in [6, 6.07) is 7.63. The second kappa shape index (κ2) is 6.75. The van der Waals surface area contributed by atoms with E-state index in [0.717, 1.165) is 35.8 Å². The molecule has 0 spiro atoms. The fraction of sp³-hybridized carbons (Fsp3) is 0.562. The number of ether oxygens (including phenoxy) is 1. The van der Waals surface area contributed by atoms with E-state index in [1.807, 2.05) is 24.3 Å². The minimum atomic E-state index is 0.134. The second-order valence-corrected chi connectivity index (χ2v) is 5.99. The topological polar surface area (TPSA) is 67.8 Å². The van der Waals surface area contributed by atoms with Gasteiger partial charge in [-0.1, -0.05) is 43.3 Å². The highest BCUT2D eigenvalue weighted by Gasteiger charge is 2.24. The summed E-state index contributed by atoms with van der Waals surface area (Å²) < 4.78 is 6.05. The first-order valence-corrected chi connectivity index (χ1v) is 7.27. The van der Waals surface area contributed by atoms with E-state index >= 15 is 0 Å². The Morgan fingerprint density at radius 1 is 1.25 bits per heavy atom. The molecule has 0 amide bonds. The molecule has 1 fully saturated rings. The lowest BCUT2D eigenvalue weighted by Crippen LogP contribution is -2.26. The van der Waals surface area contributed by atoms with Crippen molar-refractivity contribution >= 4 is 5.84 Å². The molecule has 2 rings (SSSR count). The van der Waals surface area contributed by atoms with Gasteiger partial charge in [0.15, 0.2) is 5.84 Å². The number of rotatable bonds is 4. The van der Waals surface area contributed by atoms with E-state index in [-0.39, 0.29) is 5.84 Å². The number of hydrogen-bond acceptors (Lipinski definition) is 3. The molecule has 3 N–H and O–H groups in total. The molecule has 2 unspecified atom stereocenters. The Morgan fingerprint density at radius 3 is 2.55 bits per heavy atom. The first-order valence-electron chi connectivity index (χ1n) is 7.27. The van der Waals surface area contributed by atoms with Gasteiger partial charge in [-0.25, -0.2) is 0 Å². The van der Waals surface area contributed by atoms with Crippen LogP contribution in [0.5, 0.6) is 0 Å². The molecule has 0 radical (unpaired) electrons. The molecule has 0 heterocycles. The maximum absolute atomic E-state index is 8.82. The third kappa shape index (κ3) is 3.73. The Bertz CT molecular complexity index is 463. The molecule has 1 aliphatic rings. The Morgan fingerprint density at radius 2 is 1.90 bits per heavy atom. The van der Waals surface area contributed by atoms with Gasteiger partial charge in [-0.15, -0.1) is 0 Å². The number of oxime groups is 1. The van der Waals surface area contributed by atoms with E-state index in [0.29, 0.717) is 12.7 Å². The van der Waals surface area contributed by atoms with Crippen molar-refractivity contribution in [1.29, 1.82) is 0 Å². The maximum Gasteiger partial charge on any atom is 0.170 e. The Labute approximate surface area is 120 Å². The predicted octanol–water partition coefficient (Wildman–Crippen LogP) is 3.12. The molecule has 0 bridgehead atoms. The van der Waals surface area contributed by atoms with Gasteiger partial charge < -0.3 is 15.7 Å². The summed E-state index contributed by atoms with van der Waals surface area (Å²) >= 11 is 0. The van der Waals surface area contributed by atoms with Crippen LogP contribution in [0.15, 0.2) is 29.4 Å². The molecule has 1 saturated carbocycles. The second-order valence-electron chi connectivity index (χ2n) is 5.99. The van der Waals surface area contributed by atoms with Crippen LogP contribution in [0.1, 0.15) is 44.2 Å². The van der Waals surface area contributed by atoms with Gasteiger partial charge in [-0.3, -0.25) is 0 Å². The van der Waals surface area contributed by atoms with Gasteiger partial charge in [0.25, 0.3) is 0 Å². The largest absolute Gasteiger partial charge is 0.409 e. The third-order valence-electron chi connectivity index (χ3n) is 4.01. The first-order chi connectivity index (χ1) is 9.60. The van der Waals surface area contributed by atoms with Crippen LogP contribution in [-0.4, -0.2) is 17.1 Å². The predicted molar refractivity (Wildman–Crippen MR) is 79.7 cm³/mol. The van der Waals surface area contributed by atoms with Gasteiger partial charge in [0.05, 0.1) is 12.7 Å². The van der Waals surface area contributed by atoms with Crippen molar-refractivity contribution in [2.75, 3.05) is 0 Å². The molecule has 20 heavy (non-hydrogen) atoms. The monoisotopic (exact) mass is 276 g/mol. The zero-order valence-electron chi connectivity index (χ0n) is 12.2. The highest BCUT2D eigenvalue weighted by atomic mass is 16.5. The quantitative estimate of drug-likeness (QED) is 0.384. The van der Waals surface area contributed by atoms with Crippen LogP contribution in [0.3, 0.4) is 0 Å². The fourth-order valence-corrected chi connectivity index (χ4v) is 3.17. The van der Waals surface area contributed by atoms with E-state index in [1.165, 1.54) is 6.42 Å². The van der Waals surface area contributed by atoms with Crippen molar-refractivity contribution in [2.45, 2.75) is 45.8 Å². The van der Waals surface area contributed by atoms with Gasteiger partial charge in [0.2, 0.25) is 0 Å². The van der Waals surface area contributed by atoms with E-state index in [9.17, 15) is 0 Å². The first kappa shape index (κ1) is 14.9. The highest BCUT2D eigenvalue weighted by Crippen LogP contribution is 2.30. The van der Waals surface area contributed by atoms with E-state index in [2.05, 4.69) is 19.0 Å². The van der Waals surface area contributed by atoms with Crippen LogP contribution in [0.25, 0.3) is 0 Å². The zero-order chi connectivity index (χ0) is 14.5. The molecule has 110 valence electrons. The molecular weight excluding hydrogens is 252 g/mol. The number of nitrogens with zero attached hydrogens (tertiary/aromatic N) is 1. The number of amidine groups is 1. The summed E-state index contributed by atoms with van der Waals surface area (Å²) in [6.45, 7) is 5.09. The summed E-state index contributed by atoms with van der Waals surface area (Å²) in [6.07, 6.45) is 3.85. The van der Waals surface area contributed by atoms with Crippen LogP contribution in [0, 0.1) is 11.8 Å². The van der Waals surface area contributed by atoms with Crippen molar-refractivity contribution in [3.8, 4) is 0 Å². The zero-order valence-corrected chi connectivity index (χ0v) is 12.2. The fourth-order valence-electron chi connectivity index (χ4n) is 3.17. The molecule has 1 aromatic rings. The lowest BCUT2D eigenvalue weighted by Gasteiger charge is -2.31. The molecule has 4 heteroatoms. The van der Waals surface area contributed by atoms with Crippen molar-refractivity contribution in [3.05, 3.63) is 35.4 Å². The smallest absolute Gasteiger partial charge is 0.170 e. The van der Waals surface area contributed by atoms with Gasteiger partial charge >= 0.3 is 0 Å². The van der Waals surface area contributed by atoms with E-state index in [1.54, 1.807) is 0 Å². The molecule has 0 aliphatic heterocycles. The Balaban J connectivity index is 2.00. The average molecular weight is 276 g/mol.